The number of imide groups is 1. The maximum Gasteiger partial charge on any atom is 0.332 e. The Morgan fingerprint density at radius 3 is 2.32 bits per heavy atom. The molecule has 0 aromatic heterocycles. The van der Waals surface area contributed by atoms with E-state index in [2.05, 4.69) is 17.6 Å². The Labute approximate surface area is 223 Å². The molecule has 1 aliphatic carbocycles. The minimum absolute atomic E-state index is 0.126. The van der Waals surface area contributed by atoms with Crippen molar-refractivity contribution in [1.82, 2.24) is 10.2 Å². The van der Waals surface area contributed by atoms with Crippen LogP contribution in [-0.4, -0.2) is 61.5 Å². The Bertz CT molecular complexity index is 1150. The maximum atomic E-state index is 13.6. The molecule has 1 saturated carbocycles. The lowest BCUT2D eigenvalue weighted by molar-refractivity contribution is -0.128. The van der Waals surface area contributed by atoms with Crippen LogP contribution in [0.15, 0.2) is 48.5 Å². The number of methoxy groups -OCH3 is 1. The van der Waals surface area contributed by atoms with Gasteiger partial charge >= 0.3 is 6.03 Å². The zero-order chi connectivity index (χ0) is 27.1. The summed E-state index contributed by atoms with van der Waals surface area (Å²) < 4.78 is 4.94. The average molecular weight is 521 g/mol. The second-order valence-electron chi connectivity index (χ2n) is 9.83. The molecule has 9 nitrogen and oxygen atoms in total. The topological polar surface area (TPSA) is 108 Å². The average Bonchev–Trinajstić information content (AvgIpc) is 2.92. The van der Waals surface area contributed by atoms with Gasteiger partial charge in [0.05, 0.1) is 24.6 Å². The summed E-state index contributed by atoms with van der Waals surface area (Å²) in [6.45, 7) is 2.81. The number of ether oxygens (including phenoxy) is 1. The number of benzene rings is 2. The molecule has 2 N–H and O–H groups in total. The number of hydrogen-bond donors (Lipinski definition) is 2. The number of aryl methyl sites for hydroxylation is 1. The van der Waals surface area contributed by atoms with Crippen molar-refractivity contribution in [2.24, 2.45) is 5.92 Å². The first-order valence-electron chi connectivity index (χ1n) is 13.3. The van der Waals surface area contributed by atoms with Crippen molar-refractivity contribution in [3.63, 3.8) is 0 Å². The summed E-state index contributed by atoms with van der Waals surface area (Å²) in [4.78, 5) is 54.9. The molecule has 0 radical (unpaired) electrons. The number of anilines is 2. The molecular formula is C29H36N4O5. The van der Waals surface area contributed by atoms with E-state index in [0.717, 1.165) is 24.8 Å². The lowest BCUT2D eigenvalue weighted by atomic mass is 9.81. The Balaban J connectivity index is 1.48. The van der Waals surface area contributed by atoms with E-state index in [1.807, 2.05) is 24.3 Å². The lowest BCUT2D eigenvalue weighted by Crippen LogP contribution is -2.64. The molecule has 2 atom stereocenters. The van der Waals surface area contributed by atoms with Gasteiger partial charge in [-0.15, -0.1) is 0 Å². The van der Waals surface area contributed by atoms with Crippen molar-refractivity contribution in [2.45, 2.75) is 51.5 Å². The zero-order valence-electron chi connectivity index (χ0n) is 22.1. The third-order valence-corrected chi connectivity index (χ3v) is 7.25. The molecule has 9 heteroatoms. The second kappa shape index (κ2) is 12.7. The number of nitrogens with one attached hydrogen (secondary N) is 2. The van der Waals surface area contributed by atoms with Crippen LogP contribution in [0.25, 0.3) is 0 Å². The summed E-state index contributed by atoms with van der Waals surface area (Å²) in [6.07, 6.45) is 4.30. The van der Waals surface area contributed by atoms with Crippen LogP contribution in [0.4, 0.5) is 16.2 Å². The molecular weight excluding hydrogens is 484 g/mol. The van der Waals surface area contributed by atoms with Gasteiger partial charge in [0.1, 0.15) is 6.54 Å². The van der Waals surface area contributed by atoms with Gasteiger partial charge in [0.2, 0.25) is 17.7 Å². The lowest BCUT2D eigenvalue weighted by Gasteiger charge is -2.46. The van der Waals surface area contributed by atoms with E-state index in [-0.39, 0.29) is 42.6 Å². The molecule has 2 unspecified atom stereocenters. The number of urea groups is 1. The Morgan fingerprint density at radius 2 is 1.63 bits per heavy atom. The minimum atomic E-state index is -0.486. The van der Waals surface area contributed by atoms with E-state index in [4.69, 9.17) is 4.74 Å². The molecule has 5 amide bonds. The monoisotopic (exact) mass is 520 g/mol. The highest BCUT2D eigenvalue weighted by atomic mass is 16.5. The third kappa shape index (κ3) is 6.39. The van der Waals surface area contributed by atoms with Gasteiger partial charge in [0, 0.05) is 25.4 Å². The van der Waals surface area contributed by atoms with Crippen molar-refractivity contribution in [1.29, 1.82) is 0 Å². The second-order valence-corrected chi connectivity index (χ2v) is 9.83. The molecule has 2 aromatic carbocycles. The molecule has 2 aromatic rings. The fraction of sp³-hybridized carbons (Fsp3) is 0.448. The highest BCUT2D eigenvalue weighted by Crippen LogP contribution is 2.36. The number of nitrogens with zero attached hydrogens (tertiary/aromatic N) is 2. The predicted molar refractivity (Wildman–Crippen MR) is 145 cm³/mol. The highest BCUT2D eigenvalue weighted by Gasteiger charge is 2.48. The van der Waals surface area contributed by atoms with Crippen LogP contribution < -0.4 is 15.5 Å². The summed E-state index contributed by atoms with van der Waals surface area (Å²) in [5.41, 5.74) is 3.05. The summed E-state index contributed by atoms with van der Waals surface area (Å²) in [5, 5.41) is 5.66. The van der Waals surface area contributed by atoms with Crippen LogP contribution >= 0.6 is 0 Å². The van der Waals surface area contributed by atoms with Crippen molar-refractivity contribution in [3.8, 4) is 0 Å². The quantitative estimate of drug-likeness (QED) is 0.466. The van der Waals surface area contributed by atoms with E-state index < -0.39 is 6.03 Å². The third-order valence-electron chi connectivity index (χ3n) is 7.25. The van der Waals surface area contributed by atoms with Gasteiger partial charge in [-0.1, -0.05) is 44.0 Å². The van der Waals surface area contributed by atoms with Gasteiger partial charge in [-0.25, -0.2) is 9.69 Å². The molecule has 2 aliphatic rings. The minimum Gasteiger partial charge on any atom is -0.383 e. The number of carbonyl (C=O) groups excluding carboxylic acids is 4. The number of amides is 5. The summed E-state index contributed by atoms with van der Waals surface area (Å²) in [6, 6.07) is 13.7. The molecule has 1 saturated heterocycles. The van der Waals surface area contributed by atoms with Crippen LogP contribution in [0.2, 0.25) is 0 Å². The molecule has 202 valence electrons. The molecule has 0 bridgehead atoms. The first-order chi connectivity index (χ1) is 18.4. The summed E-state index contributed by atoms with van der Waals surface area (Å²) >= 11 is 0. The Hall–Kier alpha value is -3.72. The normalized spacial score (nSPS) is 19.2. The van der Waals surface area contributed by atoms with Crippen LogP contribution in [-0.2, 0) is 32.0 Å². The van der Waals surface area contributed by atoms with Gasteiger partial charge in [0.15, 0.2) is 0 Å². The van der Waals surface area contributed by atoms with E-state index in [1.54, 1.807) is 36.3 Å². The van der Waals surface area contributed by atoms with Gasteiger partial charge < -0.3 is 20.3 Å². The van der Waals surface area contributed by atoms with Crippen molar-refractivity contribution in [3.05, 3.63) is 59.7 Å². The van der Waals surface area contributed by atoms with Gasteiger partial charge in [-0.3, -0.25) is 14.4 Å². The van der Waals surface area contributed by atoms with Crippen molar-refractivity contribution >= 4 is 35.1 Å². The van der Waals surface area contributed by atoms with Gasteiger partial charge in [-0.2, -0.15) is 0 Å². The Morgan fingerprint density at radius 1 is 0.947 bits per heavy atom. The first kappa shape index (κ1) is 27.3. The van der Waals surface area contributed by atoms with E-state index in [0.29, 0.717) is 37.4 Å². The number of rotatable bonds is 10. The van der Waals surface area contributed by atoms with Gasteiger partial charge in [-0.05, 0) is 54.7 Å². The smallest absolute Gasteiger partial charge is 0.332 e. The number of carbonyl (C=O) groups is 4. The summed E-state index contributed by atoms with van der Waals surface area (Å²) in [7, 11) is 1.57. The molecule has 1 heterocycles. The maximum absolute atomic E-state index is 13.6. The number of fused-ring (bicyclic) bond motifs is 1. The van der Waals surface area contributed by atoms with Crippen LogP contribution in [0.3, 0.4) is 0 Å². The van der Waals surface area contributed by atoms with E-state index in [1.165, 1.54) is 10.5 Å². The molecule has 0 spiro atoms. The summed E-state index contributed by atoms with van der Waals surface area (Å²) in [5.74, 6) is -0.997. The molecule has 38 heavy (non-hydrogen) atoms. The first-order valence-corrected chi connectivity index (χ1v) is 13.3. The molecule has 4 rings (SSSR count). The predicted octanol–water partition coefficient (Wildman–Crippen LogP) is 3.52. The molecule has 1 aliphatic heterocycles. The fourth-order valence-corrected chi connectivity index (χ4v) is 5.21. The van der Waals surface area contributed by atoms with Crippen LogP contribution in [0.1, 0.15) is 43.7 Å². The highest BCUT2D eigenvalue weighted by molar-refractivity contribution is 6.17. The van der Waals surface area contributed by atoms with Crippen LogP contribution in [0.5, 0.6) is 0 Å². The number of hydrogen-bond acceptors (Lipinski definition) is 5. The fourth-order valence-electron chi connectivity index (χ4n) is 5.21. The Kier molecular flexibility index (Phi) is 9.12. The SMILES string of the molecule is CCc1ccc(NC(=O)CN2C(=O)N(c3ccc(CC(=O)NCCOC)cc3)C(=O)C3CCCCC32)cc1. The van der Waals surface area contributed by atoms with Crippen LogP contribution in [0, 0.1) is 5.92 Å². The molecule has 2 fully saturated rings. The van der Waals surface area contributed by atoms with E-state index >= 15 is 0 Å². The standard InChI is InChI=1S/C29H36N4O5/c1-3-20-8-12-22(13-9-20)31-27(35)19-32-25-7-5-4-6-24(25)28(36)33(29(32)37)23-14-10-21(11-15-23)18-26(34)30-16-17-38-2/h8-15,24-25H,3-7,16-19H2,1-2H3,(H,30,34)(H,31,35). The largest absolute Gasteiger partial charge is 0.383 e. The zero-order valence-corrected chi connectivity index (χ0v) is 22.1. The van der Waals surface area contributed by atoms with Crippen molar-refractivity contribution < 1.29 is 23.9 Å². The van der Waals surface area contributed by atoms with Crippen molar-refractivity contribution in [2.75, 3.05) is 37.0 Å². The van der Waals surface area contributed by atoms with E-state index in [9.17, 15) is 19.2 Å². The van der Waals surface area contributed by atoms with Gasteiger partial charge in [0.25, 0.3) is 0 Å².